The van der Waals surface area contributed by atoms with Crippen LogP contribution in [-0.4, -0.2) is 22.3 Å². The van der Waals surface area contributed by atoms with Gasteiger partial charge in [0, 0.05) is 18.6 Å². The van der Waals surface area contributed by atoms with Crippen molar-refractivity contribution in [3.63, 3.8) is 0 Å². The van der Waals surface area contributed by atoms with Crippen molar-refractivity contribution in [2.24, 2.45) is 0 Å². The number of benzene rings is 1. The quantitative estimate of drug-likeness (QED) is 0.644. The number of hydrogen-bond acceptors (Lipinski definition) is 3. The van der Waals surface area contributed by atoms with Gasteiger partial charge in [0.15, 0.2) is 6.10 Å². The second-order valence-corrected chi connectivity index (χ2v) is 3.19. The number of nitro benzene ring substituents is 1. The number of non-ortho nitro benzene ring substituents is 1. The Morgan fingerprint density at radius 2 is 2.06 bits per heavy atom. The summed E-state index contributed by atoms with van der Waals surface area (Å²) in [6.45, 7) is 0. The molecule has 0 saturated carbocycles. The van der Waals surface area contributed by atoms with Crippen LogP contribution in [0.15, 0.2) is 24.3 Å². The third kappa shape index (κ3) is 3.20. The number of rotatable bonds is 3. The minimum absolute atomic E-state index is 0.0685. The van der Waals surface area contributed by atoms with Gasteiger partial charge in [0.1, 0.15) is 0 Å². The Morgan fingerprint density at radius 3 is 2.56 bits per heavy atom. The number of alkyl halides is 3. The predicted molar refractivity (Wildman–Crippen MR) is 48.9 cm³/mol. The van der Waals surface area contributed by atoms with E-state index >= 15 is 0 Å². The van der Waals surface area contributed by atoms with Crippen LogP contribution in [0, 0.1) is 10.1 Å². The van der Waals surface area contributed by atoms with E-state index in [0.717, 1.165) is 6.07 Å². The summed E-state index contributed by atoms with van der Waals surface area (Å²) in [5.74, 6) is 0. The van der Waals surface area contributed by atoms with Crippen LogP contribution in [0.1, 0.15) is 5.56 Å². The van der Waals surface area contributed by atoms with Gasteiger partial charge < -0.3 is 5.11 Å². The van der Waals surface area contributed by atoms with Gasteiger partial charge in [0.05, 0.1) is 4.92 Å². The molecule has 0 spiro atoms. The number of aliphatic hydroxyl groups is 1. The molecule has 88 valence electrons. The number of nitrogens with zero attached hydrogens (tertiary/aromatic N) is 1. The zero-order chi connectivity index (χ0) is 12.3. The van der Waals surface area contributed by atoms with Gasteiger partial charge in [-0.25, -0.2) is 0 Å². The smallest absolute Gasteiger partial charge is 0.383 e. The van der Waals surface area contributed by atoms with Crippen molar-refractivity contribution in [2.45, 2.75) is 18.7 Å². The fourth-order valence-electron chi connectivity index (χ4n) is 1.14. The van der Waals surface area contributed by atoms with Crippen molar-refractivity contribution >= 4 is 5.69 Å². The fourth-order valence-corrected chi connectivity index (χ4v) is 1.14. The molecular formula is C9H8F3NO3. The lowest BCUT2D eigenvalue weighted by atomic mass is 10.1. The predicted octanol–water partition coefficient (Wildman–Crippen LogP) is 2.06. The summed E-state index contributed by atoms with van der Waals surface area (Å²) in [5, 5.41) is 19.1. The third-order valence-electron chi connectivity index (χ3n) is 1.93. The summed E-state index contributed by atoms with van der Waals surface area (Å²) in [6.07, 6.45) is -7.91. The zero-order valence-corrected chi connectivity index (χ0v) is 7.94. The highest BCUT2D eigenvalue weighted by Gasteiger charge is 2.38. The average Bonchev–Trinajstić information content (AvgIpc) is 2.16. The first kappa shape index (κ1) is 12.4. The fraction of sp³-hybridized carbons (Fsp3) is 0.333. The van der Waals surface area contributed by atoms with E-state index in [1.54, 1.807) is 0 Å². The summed E-state index contributed by atoms with van der Waals surface area (Å²) in [5.41, 5.74) is -0.231. The normalized spacial score (nSPS) is 13.5. The van der Waals surface area contributed by atoms with E-state index in [4.69, 9.17) is 5.11 Å². The first-order valence-electron chi connectivity index (χ1n) is 4.29. The van der Waals surface area contributed by atoms with Crippen LogP contribution in [0.2, 0.25) is 0 Å². The SMILES string of the molecule is O=[N+]([O-])c1cccc(CC(O)C(F)(F)F)c1. The van der Waals surface area contributed by atoms with E-state index < -0.39 is 23.6 Å². The third-order valence-corrected chi connectivity index (χ3v) is 1.93. The molecule has 16 heavy (non-hydrogen) atoms. The molecule has 0 aliphatic rings. The van der Waals surface area contributed by atoms with Gasteiger partial charge in [-0.15, -0.1) is 0 Å². The minimum Gasteiger partial charge on any atom is -0.383 e. The van der Waals surface area contributed by atoms with E-state index in [9.17, 15) is 23.3 Å². The lowest BCUT2D eigenvalue weighted by Gasteiger charge is -2.13. The molecule has 1 N–H and O–H groups in total. The topological polar surface area (TPSA) is 63.4 Å². The first-order valence-corrected chi connectivity index (χ1v) is 4.29. The summed E-state index contributed by atoms with van der Waals surface area (Å²) >= 11 is 0. The Kier molecular flexibility index (Phi) is 3.48. The largest absolute Gasteiger partial charge is 0.414 e. The van der Waals surface area contributed by atoms with Crippen molar-refractivity contribution in [1.29, 1.82) is 0 Å². The van der Waals surface area contributed by atoms with Gasteiger partial charge in [-0.2, -0.15) is 13.2 Å². The first-order chi connectivity index (χ1) is 7.30. The maximum Gasteiger partial charge on any atom is 0.414 e. The molecule has 4 nitrogen and oxygen atoms in total. The maximum atomic E-state index is 12.0. The van der Waals surface area contributed by atoms with Crippen LogP contribution >= 0.6 is 0 Å². The molecule has 0 aromatic heterocycles. The van der Waals surface area contributed by atoms with E-state index in [2.05, 4.69) is 0 Å². The molecule has 0 heterocycles. The molecule has 0 saturated heterocycles. The second kappa shape index (κ2) is 4.48. The molecule has 0 fully saturated rings. The van der Waals surface area contributed by atoms with E-state index in [1.807, 2.05) is 0 Å². The van der Waals surface area contributed by atoms with E-state index in [0.29, 0.717) is 0 Å². The molecule has 1 unspecified atom stereocenters. The van der Waals surface area contributed by atoms with Crippen LogP contribution in [0.25, 0.3) is 0 Å². The molecule has 0 aliphatic carbocycles. The summed E-state index contributed by atoms with van der Waals surface area (Å²) < 4.78 is 36.0. The molecule has 0 bridgehead atoms. The molecule has 1 rings (SSSR count). The molecular weight excluding hydrogens is 227 g/mol. The lowest BCUT2D eigenvalue weighted by molar-refractivity contribution is -0.384. The molecule has 1 aromatic carbocycles. The van der Waals surface area contributed by atoms with Crippen molar-refractivity contribution in [2.75, 3.05) is 0 Å². The lowest BCUT2D eigenvalue weighted by Crippen LogP contribution is -2.30. The molecule has 1 atom stereocenters. The highest BCUT2D eigenvalue weighted by molar-refractivity contribution is 5.34. The van der Waals surface area contributed by atoms with Crippen molar-refractivity contribution in [3.8, 4) is 0 Å². The van der Waals surface area contributed by atoms with Crippen molar-refractivity contribution < 1.29 is 23.2 Å². The van der Waals surface area contributed by atoms with Gasteiger partial charge in [-0.3, -0.25) is 10.1 Å². The zero-order valence-electron chi connectivity index (χ0n) is 7.94. The Morgan fingerprint density at radius 1 is 1.44 bits per heavy atom. The van der Waals surface area contributed by atoms with Crippen molar-refractivity contribution in [3.05, 3.63) is 39.9 Å². The van der Waals surface area contributed by atoms with Gasteiger partial charge in [0.2, 0.25) is 0 Å². The van der Waals surface area contributed by atoms with E-state index in [-0.39, 0.29) is 11.3 Å². The molecule has 0 radical (unpaired) electrons. The number of halogens is 3. The average molecular weight is 235 g/mol. The van der Waals surface area contributed by atoms with Gasteiger partial charge in [-0.05, 0) is 5.56 Å². The number of aliphatic hydroxyl groups excluding tert-OH is 1. The molecule has 0 amide bonds. The van der Waals surface area contributed by atoms with Crippen LogP contribution in [0.4, 0.5) is 18.9 Å². The standard InChI is InChI=1S/C9H8F3NO3/c10-9(11,12)8(14)5-6-2-1-3-7(4-6)13(15)16/h1-4,8,14H,5H2. The molecule has 0 aliphatic heterocycles. The van der Waals surface area contributed by atoms with E-state index in [1.165, 1.54) is 18.2 Å². The Hall–Kier alpha value is -1.63. The second-order valence-electron chi connectivity index (χ2n) is 3.19. The summed E-state index contributed by atoms with van der Waals surface area (Å²) in [7, 11) is 0. The molecule has 7 heteroatoms. The van der Waals surface area contributed by atoms with Gasteiger partial charge in [0.25, 0.3) is 5.69 Å². The number of hydrogen-bond donors (Lipinski definition) is 1. The van der Waals surface area contributed by atoms with Crippen LogP contribution < -0.4 is 0 Å². The monoisotopic (exact) mass is 235 g/mol. The van der Waals surface area contributed by atoms with Gasteiger partial charge >= 0.3 is 6.18 Å². The highest BCUT2D eigenvalue weighted by Crippen LogP contribution is 2.24. The minimum atomic E-state index is -4.72. The maximum absolute atomic E-state index is 12.0. The Labute approximate surface area is 88.5 Å². The molecule has 1 aromatic rings. The highest BCUT2D eigenvalue weighted by atomic mass is 19.4. The van der Waals surface area contributed by atoms with Crippen LogP contribution in [0.3, 0.4) is 0 Å². The summed E-state index contributed by atoms with van der Waals surface area (Å²) in [4.78, 5) is 9.65. The Balaban J connectivity index is 2.82. The summed E-state index contributed by atoms with van der Waals surface area (Å²) in [6, 6.07) is 4.75. The van der Waals surface area contributed by atoms with Crippen LogP contribution in [-0.2, 0) is 6.42 Å². The van der Waals surface area contributed by atoms with Gasteiger partial charge in [-0.1, -0.05) is 12.1 Å². The number of nitro groups is 1. The van der Waals surface area contributed by atoms with Crippen LogP contribution in [0.5, 0.6) is 0 Å². The van der Waals surface area contributed by atoms with Crippen molar-refractivity contribution in [1.82, 2.24) is 0 Å². The Bertz CT molecular complexity index is 392.